The quantitative estimate of drug-likeness (QED) is 0.666. The fourth-order valence-electron chi connectivity index (χ4n) is 2.61. The standard InChI is InChI=1S/C20H21ClN4O2/c1-3-14-8-10-15(11-9-14)20-23-19(27-24-20)13-25(2)12-18(26)22-17-7-5-4-6-16(17)21/h4-11H,3,12-13H2,1-2H3,(H,22,26). The van der Waals surface area contributed by atoms with E-state index in [-0.39, 0.29) is 12.5 Å². The summed E-state index contributed by atoms with van der Waals surface area (Å²) in [5.41, 5.74) is 2.75. The second-order valence-corrected chi connectivity index (χ2v) is 6.67. The Bertz CT molecular complexity index is 908. The van der Waals surface area contributed by atoms with E-state index >= 15 is 0 Å². The normalized spacial score (nSPS) is 11.0. The average Bonchev–Trinajstić information content (AvgIpc) is 3.12. The summed E-state index contributed by atoms with van der Waals surface area (Å²) in [6.07, 6.45) is 0.985. The highest BCUT2D eigenvalue weighted by molar-refractivity contribution is 6.33. The number of hydrogen-bond donors (Lipinski definition) is 1. The third-order valence-corrected chi connectivity index (χ3v) is 4.38. The second-order valence-electron chi connectivity index (χ2n) is 6.26. The summed E-state index contributed by atoms with van der Waals surface area (Å²) < 4.78 is 5.31. The maximum absolute atomic E-state index is 12.2. The predicted octanol–water partition coefficient (Wildman–Crippen LogP) is 4.02. The van der Waals surface area contributed by atoms with E-state index in [1.807, 2.05) is 31.3 Å². The van der Waals surface area contributed by atoms with Gasteiger partial charge in [0.1, 0.15) is 0 Å². The molecule has 1 N–H and O–H groups in total. The summed E-state index contributed by atoms with van der Waals surface area (Å²) in [5.74, 6) is 0.833. The molecule has 0 spiro atoms. The molecule has 3 aromatic rings. The minimum Gasteiger partial charge on any atom is -0.338 e. The molecule has 0 atom stereocenters. The lowest BCUT2D eigenvalue weighted by Gasteiger charge is -2.14. The van der Waals surface area contributed by atoms with Crippen molar-refractivity contribution in [1.82, 2.24) is 15.0 Å². The average molecular weight is 385 g/mol. The lowest BCUT2D eigenvalue weighted by atomic mass is 10.1. The number of hydrogen-bond acceptors (Lipinski definition) is 5. The zero-order chi connectivity index (χ0) is 19.2. The van der Waals surface area contributed by atoms with E-state index in [4.69, 9.17) is 16.1 Å². The van der Waals surface area contributed by atoms with Gasteiger partial charge in [-0.2, -0.15) is 4.98 Å². The first-order valence-electron chi connectivity index (χ1n) is 8.70. The minimum atomic E-state index is -0.166. The summed E-state index contributed by atoms with van der Waals surface area (Å²) in [5, 5.41) is 7.32. The zero-order valence-corrected chi connectivity index (χ0v) is 16.0. The Morgan fingerprint density at radius 2 is 1.93 bits per heavy atom. The highest BCUT2D eigenvalue weighted by Gasteiger charge is 2.14. The van der Waals surface area contributed by atoms with E-state index in [1.165, 1.54) is 5.56 Å². The maximum atomic E-state index is 12.2. The van der Waals surface area contributed by atoms with Gasteiger partial charge in [-0.25, -0.2) is 0 Å². The Morgan fingerprint density at radius 3 is 2.63 bits per heavy atom. The van der Waals surface area contributed by atoms with Crippen LogP contribution in [0.5, 0.6) is 0 Å². The maximum Gasteiger partial charge on any atom is 0.241 e. The lowest BCUT2D eigenvalue weighted by molar-refractivity contribution is -0.117. The minimum absolute atomic E-state index is 0.166. The third kappa shape index (κ3) is 5.15. The Hall–Kier alpha value is -2.70. The number of amides is 1. The van der Waals surface area contributed by atoms with E-state index in [9.17, 15) is 4.79 Å². The zero-order valence-electron chi connectivity index (χ0n) is 15.3. The largest absolute Gasteiger partial charge is 0.338 e. The molecule has 0 radical (unpaired) electrons. The van der Waals surface area contributed by atoms with Gasteiger partial charge in [-0.3, -0.25) is 9.69 Å². The van der Waals surface area contributed by atoms with Crippen molar-refractivity contribution in [3.05, 3.63) is 65.0 Å². The third-order valence-electron chi connectivity index (χ3n) is 4.06. The van der Waals surface area contributed by atoms with E-state index in [0.29, 0.717) is 29.0 Å². The summed E-state index contributed by atoms with van der Waals surface area (Å²) in [6, 6.07) is 15.2. The van der Waals surface area contributed by atoms with Gasteiger partial charge in [0.2, 0.25) is 17.6 Å². The van der Waals surface area contributed by atoms with Crippen molar-refractivity contribution in [2.75, 3.05) is 18.9 Å². The molecule has 0 saturated heterocycles. The van der Waals surface area contributed by atoms with Gasteiger partial charge >= 0.3 is 0 Å². The van der Waals surface area contributed by atoms with Crippen molar-refractivity contribution >= 4 is 23.2 Å². The first-order chi connectivity index (χ1) is 13.0. The predicted molar refractivity (Wildman–Crippen MR) is 106 cm³/mol. The van der Waals surface area contributed by atoms with Gasteiger partial charge in [0.15, 0.2) is 0 Å². The van der Waals surface area contributed by atoms with E-state index < -0.39 is 0 Å². The Kier molecular flexibility index (Phi) is 6.21. The molecular formula is C20H21ClN4O2. The molecule has 0 aliphatic carbocycles. The van der Waals surface area contributed by atoms with Gasteiger partial charge in [-0.15, -0.1) is 0 Å². The van der Waals surface area contributed by atoms with Crippen LogP contribution in [0.3, 0.4) is 0 Å². The van der Waals surface area contributed by atoms with Crippen LogP contribution in [0.15, 0.2) is 53.1 Å². The molecule has 3 rings (SSSR count). The molecule has 0 aliphatic rings. The molecule has 0 unspecified atom stereocenters. The van der Waals surface area contributed by atoms with Crippen molar-refractivity contribution in [2.24, 2.45) is 0 Å². The van der Waals surface area contributed by atoms with E-state index in [1.54, 1.807) is 17.0 Å². The van der Waals surface area contributed by atoms with Gasteiger partial charge in [0.05, 0.1) is 23.8 Å². The monoisotopic (exact) mass is 384 g/mol. The van der Waals surface area contributed by atoms with Crippen LogP contribution >= 0.6 is 11.6 Å². The number of nitrogens with zero attached hydrogens (tertiary/aromatic N) is 3. The molecule has 1 aromatic heterocycles. The lowest BCUT2D eigenvalue weighted by Crippen LogP contribution is -2.30. The van der Waals surface area contributed by atoms with Crippen molar-refractivity contribution in [3.8, 4) is 11.4 Å². The van der Waals surface area contributed by atoms with Crippen LogP contribution in [0.2, 0.25) is 5.02 Å². The number of nitrogens with one attached hydrogen (secondary N) is 1. The fourth-order valence-corrected chi connectivity index (χ4v) is 2.79. The molecule has 0 fully saturated rings. The van der Waals surface area contributed by atoms with Crippen LogP contribution in [0.4, 0.5) is 5.69 Å². The van der Waals surface area contributed by atoms with Gasteiger partial charge in [-0.05, 0) is 31.2 Å². The number of anilines is 1. The number of aromatic nitrogens is 2. The SMILES string of the molecule is CCc1ccc(-c2noc(CN(C)CC(=O)Nc3ccccc3Cl)n2)cc1. The molecule has 27 heavy (non-hydrogen) atoms. The smallest absolute Gasteiger partial charge is 0.241 e. The highest BCUT2D eigenvalue weighted by atomic mass is 35.5. The molecule has 0 saturated carbocycles. The summed E-state index contributed by atoms with van der Waals surface area (Å²) >= 11 is 6.05. The molecule has 1 heterocycles. The number of para-hydroxylation sites is 1. The van der Waals surface area contributed by atoms with Crippen LogP contribution in [0.25, 0.3) is 11.4 Å². The summed E-state index contributed by atoms with van der Waals surface area (Å²) in [7, 11) is 1.81. The van der Waals surface area contributed by atoms with Gasteiger partial charge in [0.25, 0.3) is 0 Å². The number of halogens is 1. The molecule has 6 nitrogen and oxygen atoms in total. The van der Waals surface area contributed by atoms with Gasteiger partial charge in [-0.1, -0.05) is 60.1 Å². The Labute approximate surface area is 163 Å². The van der Waals surface area contributed by atoms with Crippen molar-refractivity contribution in [2.45, 2.75) is 19.9 Å². The van der Waals surface area contributed by atoms with E-state index in [0.717, 1.165) is 12.0 Å². The van der Waals surface area contributed by atoms with Crippen LogP contribution in [0.1, 0.15) is 18.4 Å². The first-order valence-corrected chi connectivity index (χ1v) is 9.07. The molecular weight excluding hydrogens is 364 g/mol. The molecule has 1 amide bonds. The number of aryl methyl sites for hydroxylation is 1. The topological polar surface area (TPSA) is 71.3 Å². The number of rotatable bonds is 7. The molecule has 0 aliphatic heterocycles. The van der Waals surface area contributed by atoms with Crippen molar-refractivity contribution in [1.29, 1.82) is 0 Å². The number of carbonyl (C=O) groups excluding carboxylic acids is 1. The van der Waals surface area contributed by atoms with Gasteiger partial charge < -0.3 is 9.84 Å². The number of likely N-dealkylation sites (N-methyl/N-ethyl adjacent to an activating group) is 1. The molecule has 0 bridgehead atoms. The Balaban J connectivity index is 1.56. The van der Waals surface area contributed by atoms with Crippen LogP contribution in [-0.2, 0) is 17.8 Å². The number of carbonyl (C=O) groups is 1. The van der Waals surface area contributed by atoms with Gasteiger partial charge in [0, 0.05) is 5.56 Å². The summed E-state index contributed by atoms with van der Waals surface area (Å²) in [4.78, 5) is 18.4. The number of benzene rings is 2. The Morgan fingerprint density at radius 1 is 1.19 bits per heavy atom. The van der Waals surface area contributed by atoms with Crippen LogP contribution in [-0.4, -0.2) is 34.5 Å². The second kappa shape index (κ2) is 8.79. The van der Waals surface area contributed by atoms with E-state index in [2.05, 4.69) is 34.5 Å². The van der Waals surface area contributed by atoms with Crippen molar-refractivity contribution < 1.29 is 9.32 Å². The highest BCUT2D eigenvalue weighted by Crippen LogP contribution is 2.20. The molecule has 2 aromatic carbocycles. The first kappa shape index (κ1) is 19.1. The molecule has 7 heteroatoms. The van der Waals surface area contributed by atoms with Crippen molar-refractivity contribution in [3.63, 3.8) is 0 Å². The molecule has 140 valence electrons. The van der Waals surface area contributed by atoms with Crippen LogP contribution < -0.4 is 5.32 Å². The fraction of sp³-hybridized carbons (Fsp3) is 0.250. The summed E-state index contributed by atoms with van der Waals surface area (Å²) in [6.45, 7) is 2.66. The van der Waals surface area contributed by atoms with Crippen LogP contribution in [0, 0.1) is 0 Å².